The molecule has 0 radical (unpaired) electrons. The smallest absolute Gasteiger partial charge is 0.105 e. The van der Waals surface area contributed by atoms with Gasteiger partial charge in [-0.1, -0.05) is 54.1 Å². The third-order valence-electron chi connectivity index (χ3n) is 3.84. The molecule has 0 unspecified atom stereocenters. The summed E-state index contributed by atoms with van der Waals surface area (Å²) in [5.74, 6) is 0.989. The van der Waals surface area contributed by atoms with E-state index < -0.39 is 0 Å². The first-order valence-electron chi connectivity index (χ1n) is 7.73. The van der Waals surface area contributed by atoms with E-state index in [1.807, 2.05) is 36.5 Å². The van der Waals surface area contributed by atoms with Gasteiger partial charge in [-0.15, -0.1) is 6.58 Å². The van der Waals surface area contributed by atoms with E-state index in [-0.39, 0.29) is 0 Å². The quantitative estimate of drug-likeness (QED) is 0.631. The van der Waals surface area contributed by atoms with Gasteiger partial charge in [0.05, 0.1) is 0 Å². The molecule has 23 heavy (non-hydrogen) atoms. The van der Waals surface area contributed by atoms with Gasteiger partial charge < -0.3 is 5.32 Å². The highest BCUT2D eigenvalue weighted by atomic mass is 35.5. The van der Waals surface area contributed by atoms with Crippen molar-refractivity contribution in [1.29, 1.82) is 0 Å². The number of benzene rings is 2. The molecule has 1 aliphatic heterocycles. The summed E-state index contributed by atoms with van der Waals surface area (Å²) >= 11 is 6.01. The minimum Gasteiger partial charge on any atom is -0.350 e. The molecule has 116 valence electrons. The molecule has 2 aromatic carbocycles. The van der Waals surface area contributed by atoms with Crippen molar-refractivity contribution >= 4 is 23.0 Å². The van der Waals surface area contributed by atoms with Crippen LogP contribution in [0.15, 0.2) is 72.4 Å². The number of amidine groups is 1. The van der Waals surface area contributed by atoms with Crippen LogP contribution in [-0.4, -0.2) is 12.4 Å². The lowest BCUT2D eigenvalue weighted by Gasteiger charge is -2.10. The number of aliphatic imine (C=N–C) groups is 1. The van der Waals surface area contributed by atoms with Crippen LogP contribution in [0.4, 0.5) is 0 Å². The van der Waals surface area contributed by atoms with Crippen LogP contribution in [0.1, 0.15) is 23.1 Å². The molecule has 3 heteroatoms. The largest absolute Gasteiger partial charge is 0.350 e. The molecule has 0 aliphatic carbocycles. The van der Waals surface area contributed by atoms with E-state index in [9.17, 15) is 0 Å². The predicted octanol–water partition coefficient (Wildman–Crippen LogP) is 4.85. The topological polar surface area (TPSA) is 24.4 Å². The first-order chi connectivity index (χ1) is 11.3. The van der Waals surface area contributed by atoms with Gasteiger partial charge in [-0.25, -0.2) is 0 Å². The molecule has 0 fully saturated rings. The highest BCUT2D eigenvalue weighted by molar-refractivity contribution is 6.30. The first-order valence-corrected chi connectivity index (χ1v) is 8.11. The molecule has 3 rings (SSSR count). The molecule has 0 spiro atoms. The zero-order valence-corrected chi connectivity index (χ0v) is 13.7. The molecule has 1 aliphatic rings. The fraction of sp³-hybridized carbons (Fsp3) is 0.150. The van der Waals surface area contributed by atoms with Crippen molar-refractivity contribution in [2.24, 2.45) is 4.99 Å². The van der Waals surface area contributed by atoms with Gasteiger partial charge >= 0.3 is 0 Å². The van der Waals surface area contributed by atoms with E-state index in [4.69, 9.17) is 11.6 Å². The Labute approximate surface area is 142 Å². The van der Waals surface area contributed by atoms with Crippen molar-refractivity contribution in [3.05, 3.63) is 89.1 Å². The van der Waals surface area contributed by atoms with Gasteiger partial charge in [-0.3, -0.25) is 4.99 Å². The SMILES string of the molecule is C=CCCN=C1Cc2ccccc2C(c2ccc(Cl)cc2)=CN1. The van der Waals surface area contributed by atoms with Crippen LogP contribution in [0.2, 0.25) is 5.02 Å². The molecule has 2 aromatic rings. The zero-order chi connectivity index (χ0) is 16.1. The summed E-state index contributed by atoms with van der Waals surface area (Å²) in [5.41, 5.74) is 4.81. The van der Waals surface area contributed by atoms with Crippen LogP contribution in [0.5, 0.6) is 0 Å². The summed E-state index contributed by atoms with van der Waals surface area (Å²) in [4.78, 5) is 4.64. The van der Waals surface area contributed by atoms with Crippen LogP contribution in [0, 0.1) is 0 Å². The minimum atomic E-state index is 0.746. The molecule has 1 heterocycles. The summed E-state index contributed by atoms with van der Waals surface area (Å²) in [7, 11) is 0. The summed E-state index contributed by atoms with van der Waals surface area (Å²) in [6, 6.07) is 16.4. The second-order valence-electron chi connectivity index (χ2n) is 5.45. The van der Waals surface area contributed by atoms with E-state index in [1.165, 1.54) is 11.1 Å². The van der Waals surface area contributed by atoms with Gasteiger partial charge in [0.1, 0.15) is 5.84 Å². The van der Waals surface area contributed by atoms with E-state index >= 15 is 0 Å². The van der Waals surface area contributed by atoms with Gasteiger partial charge in [0.25, 0.3) is 0 Å². The summed E-state index contributed by atoms with van der Waals surface area (Å²) in [6.45, 7) is 4.51. The molecule has 0 amide bonds. The Kier molecular flexibility index (Phi) is 4.94. The molecule has 0 saturated heterocycles. The van der Waals surface area contributed by atoms with Crippen molar-refractivity contribution in [3.8, 4) is 0 Å². The van der Waals surface area contributed by atoms with E-state index in [0.717, 1.165) is 41.4 Å². The van der Waals surface area contributed by atoms with Crippen LogP contribution < -0.4 is 5.32 Å². The monoisotopic (exact) mass is 322 g/mol. The first kappa shape index (κ1) is 15.6. The van der Waals surface area contributed by atoms with Crippen molar-refractivity contribution < 1.29 is 0 Å². The van der Waals surface area contributed by atoms with Gasteiger partial charge in [-0.05, 0) is 35.2 Å². The maximum absolute atomic E-state index is 6.01. The van der Waals surface area contributed by atoms with Crippen molar-refractivity contribution in [2.75, 3.05) is 6.54 Å². The average molecular weight is 323 g/mol. The lowest BCUT2D eigenvalue weighted by molar-refractivity contribution is 0.980. The fourth-order valence-electron chi connectivity index (χ4n) is 2.66. The van der Waals surface area contributed by atoms with Gasteiger partial charge in [0.15, 0.2) is 0 Å². The Balaban J connectivity index is 2.00. The van der Waals surface area contributed by atoms with Crippen LogP contribution in [0.25, 0.3) is 5.57 Å². The Hall–Kier alpha value is -2.32. The number of nitrogens with one attached hydrogen (secondary N) is 1. The van der Waals surface area contributed by atoms with E-state index in [2.05, 4.69) is 41.2 Å². The summed E-state index contributed by atoms with van der Waals surface area (Å²) in [6.07, 6.45) is 5.63. The number of nitrogens with zero attached hydrogens (tertiary/aromatic N) is 1. The van der Waals surface area contributed by atoms with Crippen molar-refractivity contribution in [3.63, 3.8) is 0 Å². The lowest BCUT2D eigenvalue weighted by Crippen LogP contribution is -2.19. The highest BCUT2D eigenvalue weighted by Gasteiger charge is 2.15. The van der Waals surface area contributed by atoms with Crippen LogP contribution >= 0.6 is 11.6 Å². The molecular formula is C20H19ClN2. The average Bonchev–Trinajstić information content (AvgIpc) is 2.75. The fourth-order valence-corrected chi connectivity index (χ4v) is 2.79. The van der Waals surface area contributed by atoms with Gasteiger partial charge in [0, 0.05) is 29.8 Å². The molecular weight excluding hydrogens is 304 g/mol. The van der Waals surface area contributed by atoms with Crippen molar-refractivity contribution in [1.82, 2.24) is 5.32 Å². The molecule has 0 atom stereocenters. The number of hydrogen-bond donors (Lipinski definition) is 1. The second-order valence-corrected chi connectivity index (χ2v) is 5.89. The highest BCUT2D eigenvalue weighted by Crippen LogP contribution is 2.28. The lowest BCUT2D eigenvalue weighted by atomic mass is 9.94. The van der Waals surface area contributed by atoms with Gasteiger partial charge in [0.2, 0.25) is 0 Å². The predicted molar refractivity (Wildman–Crippen MR) is 98.9 cm³/mol. The Bertz CT molecular complexity index is 757. The second kappa shape index (κ2) is 7.30. The molecule has 0 saturated carbocycles. The standard InChI is InChI=1S/C20H19ClN2/c1-2-3-12-22-20-13-16-6-4-5-7-18(16)19(14-23-20)15-8-10-17(21)11-9-15/h2,4-11,14H,1,3,12-13H2,(H,22,23). The third kappa shape index (κ3) is 3.72. The van der Waals surface area contributed by atoms with Gasteiger partial charge in [-0.2, -0.15) is 0 Å². The Morgan fingerprint density at radius 3 is 2.70 bits per heavy atom. The molecule has 0 aromatic heterocycles. The zero-order valence-electron chi connectivity index (χ0n) is 12.9. The number of fused-ring (bicyclic) bond motifs is 1. The molecule has 1 N–H and O–H groups in total. The van der Waals surface area contributed by atoms with E-state index in [1.54, 1.807) is 0 Å². The minimum absolute atomic E-state index is 0.746. The van der Waals surface area contributed by atoms with E-state index in [0.29, 0.717) is 0 Å². The Morgan fingerprint density at radius 1 is 1.13 bits per heavy atom. The van der Waals surface area contributed by atoms with Crippen LogP contribution in [-0.2, 0) is 6.42 Å². The third-order valence-corrected chi connectivity index (χ3v) is 4.09. The molecule has 2 nitrogen and oxygen atoms in total. The summed E-state index contributed by atoms with van der Waals surface area (Å²) < 4.78 is 0. The maximum atomic E-state index is 6.01. The normalized spacial score (nSPS) is 15.3. The number of hydrogen-bond acceptors (Lipinski definition) is 1. The summed E-state index contributed by atoms with van der Waals surface area (Å²) in [5, 5.41) is 4.12. The molecule has 0 bridgehead atoms. The van der Waals surface area contributed by atoms with Crippen LogP contribution in [0.3, 0.4) is 0 Å². The maximum Gasteiger partial charge on any atom is 0.105 e. The number of rotatable bonds is 4. The van der Waals surface area contributed by atoms with Crippen molar-refractivity contribution in [2.45, 2.75) is 12.8 Å². The Morgan fingerprint density at radius 2 is 1.91 bits per heavy atom. The number of halogens is 1.